The minimum atomic E-state index is -0.651. The maximum atomic E-state index is 12.0. The molecule has 2 rings (SSSR count). The molecule has 1 aliphatic carbocycles. The lowest BCUT2D eigenvalue weighted by atomic mass is 9.87. The topological polar surface area (TPSA) is 78.4 Å². The Labute approximate surface area is 137 Å². The van der Waals surface area contributed by atoms with Crippen LogP contribution in [0.3, 0.4) is 0 Å². The number of nitrogens with one attached hydrogen (secondary N) is 2. The van der Waals surface area contributed by atoms with E-state index in [0.29, 0.717) is 24.6 Å². The Hall–Kier alpha value is -1.88. The Morgan fingerprint density at radius 3 is 2.74 bits per heavy atom. The summed E-state index contributed by atoms with van der Waals surface area (Å²) in [5.74, 6) is -0.666. The summed E-state index contributed by atoms with van der Waals surface area (Å²) in [7, 11) is 0. The Morgan fingerprint density at radius 2 is 2.04 bits per heavy atom. The first-order valence-corrected chi connectivity index (χ1v) is 8.33. The summed E-state index contributed by atoms with van der Waals surface area (Å²) >= 11 is 0. The first-order valence-electron chi connectivity index (χ1n) is 8.33. The molecule has 1 aliphatic rings. The van der Waals surface area contributed by atoms with Gasteiger partial charge in [-0.1, -0.05) is 32.4 Å². The van der Waals surface area contributed by atoms with Crippen molar-refractivity contribution in [2.75, 3.05) is 11.9 Å². The molecule has 2 unspecified atom stereocenters. The van der Waals surface area contributed by atoms with E-state index in [1.54, 1.807) is 6.07 Å². The van der Waals surface area contributed by atoms with Crippen molar-refractivity contribution >= 4 is 17.5 Å². The van der Waals surface area contributed by atoms with Gasteiger partial charge in [-0.2, -0.15) is 0 Å². The van der Waals surface area contributed by atoms with Gasteiger partial charge in [-0.05, 0) is 48.8 Å². The van der Waals surface area contributed by atoms with Crippen LogP contribution in [0.25, 0.3) is 0 Å². The number of amides is 2. The zero-order valence-corrected chi connectivity index (χ0v) is 13.8. The van der Waals surface area contributed by atoms with Gasteiger partial charge >= 0.3 is 11.8 Å². The molecule has 1 aromatic rings. The SMILES string of the molecule is CC(C)c1cccc(NC(=O)C(=O)NCC2CCCC(O)C2)c1. The van der Waals surface area contributed by atoms with E-state index in [4.69, 9.17) is 0 Å². The Balaban J connectivity index is 1.83. The number of anilines is 1. The second-order valence-corrected chi connectivity index (χ2v) is 6.63. The van der Waals surface area contributed by atoms with E-state index in [-0.39, 0.29) is 12.0 Å². The van der Waals surface area contributed by atoms with Crippen molar-refractivity contribution in [1.82, 2.24) is 5.32 Å². The third-order valence-electron chi connectivity index (χ3n) is 4.32. The molecule has 2 atom stereocenters. The highest BCUT2D eigenvalue weighted by Crippen LogP contribution is 2.23. The van der Waals surface area contributed by atoms with Crippen LogP contribution in [0, 0.1) is 5.92 Å². The van der Waals surface area contributed by atoms with Crippen LogP contribution in [-0.4, -0.2) is 29.6 Å². The molecular formula is C18H26N2O3. The molecule has 0 spiro atoms. The van der Waals surface area contributed by atoms with Crippen LogP contribution >= 0.6 is 0 Å². The van der Waals surface area contributed by atoms with Gasteiger partial charge < -0.3 is 15.7 Å². The van der Waals surface area contributed by atoms with E-state index in [0.717, 1.165) is 24.8 Å². The third kappa shape index (κ3) is 5.36. The first kappa shape index (κ1) is 17.5. The molecule has 126 valence electrons. The zero-order chi connectivity index (χ0) is 16.8. The molecule has 0 radical (unpaired) electrons. The number of benzene rings is 1. The molecule has 2 amide bonds. The molecule has 1 fully saturated rings. The summed E-state index contributed by atoms with van der Waals surface area (Å²) in [5.41, 5.74) is 1.74. The molecule has 5 nitrogen and oxygen atoms in total. The van der Waals surface area contributed by atoms with Gasteiger partial charge in [0.2, 0.25) is 0 Å². The van der Waals surface area contributed by atoms with Crippen LogP contribution in [0.5, 0.6) is 0 Å². The van der Waals surface area contributed by atoms with Gasteiger partial charge in [0.25, 0.3) is 0 Å². The van der Waals surface area contributed by atoms with Crippen molar-refractivity contribution in [2.45, 2.75) is 51.6 Å². The molecule has 0 heterocycles. The minimum Gasteiger partial charge on any atom is -0.393 e. The lowest BCUT2D eigenvalue weighted by molar-refractivity contribution is -0.136. The second-order valence-electron chi connectivity index (χ2n) is 6.63. The molecular weight excluding hydrogens is 292 g/mol. The molecule has 1 aromatic carbocycles. The van der Waals surface area contributed by atoms with Crippen LogP contribution in [0.4, 0.5) is 5.69 Å². The van der Waals surface area contributed by atoms with Gasteiger partial charge in [0.05, 0.1) is 6.10 Å². The first-order chi connectivity index (χ1) is 11.0. The maximum Gasteiger partial charge on any atom is 0.313 e. The molecule has 1 saturated carbocycles. The molecule has 0 aliphatic heterocycles. The van der Waals surface area contributed by atoms with Crippen molar-refractivity contribution in [2.24, 2.45) is 5.92 Å². The van der Waals surface area contributed by atoms with E-state index in [2.05, 4.69) is 24.5 Å². The lowest BCUT2D eigenvalue weighted by Gasteiger charge is -2.25. The van der Waals surface area contributed by atoms with Crippen molar-refractivity contribution < 1.29 is 14.7 Å². The molecule has 3 N–H and O–H groups in total. The monoisotopic (exact) mass is 318 g/mol. The molecule has 5 heteroatoms. The van der Waals surface area contributed by atoms with E-state index in [1.165, 1.54) is 0 Å². The minimum absolute atomic E-state index is 0.250. The van der Waals surface area contributed by atoms with Crippen molar-refractivity contribution in [3.63, 3.8) is 0 Å². The summed E-state index contributed by atoms with van der Waals surface area (Å²) in [6, 6.07) is 7.52. The van der Waals surface area contributed by atoms with Crippen molar-refractivity contribution in [3.05, 3.63) is 29.8 Å². The predicted octanol–water partition coefficient (Wildman–Crippen LogP) is 2.42. The fourth-order valence-electron chi connectivity index (χ4n) is 2.93. The number of aliphatic hydroxyl groups is 1. The Bertz CT molecular complexity index is 557. The number of carbonyl (C=O) groups is 2. The smallest absolute Gasteiger partial charge is 0.313 e. The number of hydrogen-bond donors (Lipinski definition) is 3. The highest BCUT2D eigenvalue weighted by Gasteiger charge is 2.22. The molecule has 0 bridgehead atoms. The Morgan fingerprint density at radius 1 is 1.26 bits per heavy atom. The van der Waals surface area contributed by atoms with Crippen LogP contribution in [-0.2, 0) is 9.59 Å². The van der Waals surface area contributed by atoms with Crippen LogP contribution < -0.4 is 10.6 Å². The van der Waals surface area contributed by atoms with Gasteiger partial charge in [0.1, 0.15) is 0 Å². The maximum absolute atomic E-state index is 12.0. The molecule has 23 heavy (non-hydrogen) atoms. The summed E-state index contributed by atoms with van der Waals surface area (Å²) in [6.07, 6.45) is 3.19. The third-order valence-corrected chi connectivity index (χ3v) is 4.32. The highest BCUT2D eigenvalue weighted by molar-refractivity contribution is 6.39. The van der Waals surface area contributed by atoms with Gasteiger partial charge in [-0.3, -0.25) is 9.59 Å². The highest BCUT2D eigenvalue weighted by atomic mass is 16.3. The number of aliphatic hydroxyl groups excluding tert-OH is 1. The van der Waals surface area contributed by atoms with E-state index < -0.39 is 11.8 Å². The summed E-state index contributed by atoms with van der Waals surface area (Å²) in [4.78, 5) is 23.9. The summed E-state index contributed by atoms with van der Waals surface area (Å²) in [6.45, 7) is 4.59. The predicted molar refractivity (Wildman–Crippen MR) is 90.1 cm³/mol. The van der Waals surface area contributed by atoms with Gasteiger partial charge in [-0.25, -0.2) is 0 Å². The van der Waals surface area contributed by atoms with E-state index >= 15 is 0 Å². The van der Waals surface area contributed by atoms with Gasteiger partial charge in [-0.15, -0.1) is 0 Å². The largest absolute Gasteiger partial charge is 0.393 e. The average molecular weight is 318 g/mol. The normalized spacial score (nSPS) is 21.0. The quantitative estimate of drug-likeness (QED) is 0.746. The van der Waals surface area contributed by atoms with E-state index in [1.807, 2.05) is 18.2 Å². The second kappa shape index (κ2) is 8.11. The fraction of sp³-hybridized carbons (Fsp3) is 0.556. The number of hydrogen-bond acceptors (Lipinski definition) is 3. The van der Waals surface area contributed by atoms with Crippen molar-refractivity contribution in [1.29, 1.82) is 0 Å². The van der Waals surface area contributed by atoms with Crippen LogP contribution in [0.1, 0.15) is 51.0 Å². The lowest BCUT2D eigenvalue weighted by Crippen LogP contribution is -2.39. The zero-order valence-electron chi connectivity index (χ0n) is 13.8. The summed E-state index contributed by atoms with van der Waals surface area (Å²) < 4.78 is 0. The fourth-order valence-corrected chi connectivity index (χ4v) is 2.93. The molecule has 0 saturated heterocycles. The Kier molecular flexibility index (Phi) is 6.16. The number of carbonyl (C=O) groups excluding carboxylic acids is 2. The average Bonchev–Trinajstić information content (AvgIpc) is 2.52. The standard InChI is InChI=1S/C18H26N2O3/c1-12(2)14-6-4-7-15(10-14)20-18(23)17(22)19-11-13-5-3-8-16(21)9-13/h4,6-7,10,12-13,16,21H,3,5,8-9,11H2,1-2H3,(H,19,22)(H,20,23). The van der Waals surface area contributed by atoms with Crippen LogP contribution in [0.2, 0.25) is 0 Å². The van der Waals surface area contributed by atoms with E-state index in [9.17, 15) is 14.7 Å². The number of rotatable bonds is 4. The van der Waals surface area contributed by atoms with Gasteiger partial charge in [0.15, 0.2) is 0 Å². The summed E-state index contributed by atoms with van der Waals surface area (Å²) in [5, 5.41) is 14.9. The van der Waals surface area contributed by atoms with Crippen LogP contribution in [0.15, 0.2) is 24.3 Å². The van der Waals surface area contributed by atoms with Crippen molar-refractivity contribution in [3.8, 4) is 0 Å². The molecule has 0 aromatic heterocycles. The van der Waals surface area contributed by atoms with Gasteiger partial charge in [0, 0.05) is 12.2 Å².